The number of benzene rings is 1. The SMILES string of the molecule is O=C(c1ccn(-c2ccc(F)cc2)n1)N1CCc2[nH]cnc2C12CCC2. The van der Waals surface area contributed by atoms with Crippen LogP contribution in [0.1, 0.15) is 41.1 Å². The van der Waals surface area contributed by atoms with Crippen LogP contribution >= 0.6 is 0 Å². The zero-order chi connectivity index (χ0) is 17.7. The summed E-state index contributed by atoms with van der Waals surface area (Å²) >= 11 is 0. The molecule has 1 N–H and O–H groups in total. The van der Waals surface area contributed by atoms with E-state index in [9.17, 15) is 9.18 Å². The van der Waals surface area contributed by atoms with E-state index in [1.54, 1.807) is 35.4 Å². The number of nitrogens with one attached hydrogen (secondary N) is 1. The molecular weight excluding hydrogens is 333 g/mol. The van der Waals surface area contributed by atoms with Gasteiger partial charge in [0.05, 0.1) is 23.2 Å². The van der Waals surface area contributed by atoms with Crippen LogP contribution in [0.2, 0.25) is 0 Å². The van der Waals surface area contributed by atoms with Gasteiger partial charge in [-0.1, -0.05) is 0 Å². The van der Waals surface area contributed by atoms with Crippen molar-refractivity contribution in [1.82, 2.24) is 24.6 Å². The molecule has 1 saturated carbocycles. The zero-order valence-electron chi connectivity index (χ0n) is 14.2. The van der Waals surface area contributed by atoms with Crippen LogP contribution in [0.25, 0.3) is 5.69 Å². The smallest absolute Gasteiger partial charge is 0.275 e. The number of halogens is 1. The summed E-state index contributed by atoms with van der Waals surface area (Å²) in [6.45, 7) is 0.664. The van der Waals surface area contributed by atoms with Gasteiger partial charge in [0, 0.05) is 24.9 Å². The highest BCUT2D eigenvalue weighted by atomic mass is 19.1. The standard InChI is InChI=1S/C19H18FN5O/c20-13-2-4-14(5-3-13)25-11-7-16(23-25)18(26)24-10-6-15-17(22-12-21-15)19(24)8-1-9-19/h2-5,7,11-12H,1,6,8-10H2,(H,21,22). The average molecular weight is 351 g/mol. The minimum atomic E-state index is -0.299. The summed E-state index contributed by atoms with van der Waals surface area (Å²) in [7, 11) is 0. The van der Waals surface area contributed by atoms with Crippen LogP contribution < -0.4 is 0 Å². The highest BCUT2D eigenvalue weighted by Gasteiger charge is 2.51. The molecule has 1 aromatic carbocycles. The van der Waals surface area contributed by atoms with E-state index in [4.69, 9.17) is 0 Å². The van der Waals surface area contributed by atoms with Crippen molar-refractivity contribution in [3.63, 3.8) is 0 Å². The van der Waals surface area contributed by atoms with Gasteiger partial charge in [0.15, 0.2) is 5.69 Å². The number of nitrogens with zero attached hydrogens (tertiary/aromatic N) is 4. The molecule has 3 aromatic rings. The van der Waals surface area contributed by atoms with Gasteiger partial charge in [0.25, 0.3) is 5.91 Å². The molecule has 2 aliphatic rings. The predicted octanol–water partition coefficient (Wildman–Crippen LogP) is 2.81. The number of fused-ring (bicyclic) bond motifs is 2. The van der Waals surface area contributed by atoms with Crippen LogP contribution in [0.3, 0.4) is 0 Å². The molecule has 5 rings (SSSR count). The first-order valence-electron chi connectivity index (χ1n) is 8.84. The molecule has 1 amide bonds. The number of hydrogen-bond acceptors (Lipinski definition) is 3. The molecule has 1 aliphatic heterocycles. The van der Waals surface area contributed by atoms with Gasteiger partial charge in [-0.25, -0.2) is 14.1 Å². The van der Waals surface area contributed by atoms with Crippen molar-refractivity contribution in [3.8, 4) is 5.69 Å². The molecule has 0 saturated heterocycles. The molecular formula is C19H18FN5O. The van der Waals surface area contributed by atoms with Crippen molar-refractivity contribution >= 4 is 5.91 Å². The number of imidazole rings is 1. The summed E-state index contributed by atoms with van der Waals surface area (Å²) in [5, 5.41) is 4.43. The molecule has 7 heteroatoms. The maximum Gasteiger partial charge on any atom is 0.275 e. The van der Waals surface area contributed by atoms with Gasteiger partial charge < -0.3 is 9.88 Å². The van der Waals surface area contributed by atoms with Crippen LogP contribution in [0.4, 0.5) is 4.39 Å². The molecule has 6 nitrogen and oxygen atoms in total. The lowest BCUT2D eigenvalue weighted by Gasteiger charge is -2.51. The summed E-state index contributed by atoms with van der Waals surface area (Å²) in [5.41, 5.74) is 2.99. The number of rotatable bonds is 2. The summed E-state index contributed by atoms with van der Waals surface area (Å²) in [4.78, 5) is 22.9. The lowest BCUT2D eigenvalue weighted by Crippen LogP contribution is -2.57. The predicted molar refractivity (Wildman–Crippen MR) is 92.4 cm³/mol. The van der Waals surface area contributed by atoms with Crippen LogP contribution in [-0.4, -0.2) is 37.1 Å². The van der Waals surface area contributed by atoms with Crippen LogP contribution in [0.15, 0.2) is 42.9 Å². The van der Waals surface area contributed by atoms with Crippen molar-refractivity contribution < 1.29 is 9.18 Å². The molecule has 0 bridgehead atoms. The molecule has 1 aliphatic carbocycles. The molecule has 1 fully saturated rings. The quantitative estimate of drug-likeness (QED) is 0.772. The fraction of sp³-hybridized carbons (Fsp3) is 0.316. The Morgan fingerprint density at radius 3 is 2.73 bits per heavy atom. The van der Waals surface area contributed by atoms with Gasteiger partial charge in [-0.3, -0.25) is 4.79 Å². The third kappa shape index (κ3) is 2.13. The Kier molecular flexibility index (Phi) is 3.25. The van der Waals surface area contributed by atoms with E-state index in [-0.39, 0.29) is 17.3 Å². The number of hydrogen-bond donors (Lipinski definition) is 1. The summed E-state index contributed by atoms with van der Waals surface area (Å²) in [5.74, 6) is -0.369. The molecule has 2 aromatic heterocycles. The second-order valence-corrected chi connectivity index (χ2v) is 6.94. The Bertz CT molecular complexity index is 970. The van der Waals surface area contributed by atoms with Crippen LogP contribution in [0, 0.1) is 5.82 Å². The minimum absolute atomic E-state index is 0.0702. The second kappa shape index (κ2) is 5.52. The topological polar surface area (TPSA) is 66.8 Å². The van der Waals surface area contributed by atoms with E-state index in [0.717, 1.165) is 42.8 Å². The van der Waals surface area contributed by atoms with E-state index >= 15 is 0 Å². The lowest BCUT2D eigenvalue weighted by molar-refractivity contribution is 0.00405. The van der Waals surface area contributed by atoms with E-state index in [0.29, 0.717) is 12.2 Å². The highest BCUT2D eigenvalue weighted by Crippen LogP contribution is 2.49. The molecule has 0 radical (unpaired) electrons. The Hall–Kier alpha value is -2.96. The normalized spacial score (nSPS) is 17.8. The first-order chi connectivity index (χ1) is 12.7. The number of carbonyl (C=O) groups is 1. The third-order valence-corrected chi connectivity index (χ3v) is 5.59. The zero-order valence-corrected chi connectivity index (χ0v) is 14.2. The van der Waals surface area contributed by atoms with Gasteiger partial charge in [-0.15, -0.1) is 0 Å². The van der Waals surface area contributed by atoms with Gasteiger partial charge in [0.1, 0.15) is 5.82 Å². The summed E-state index contributed by atoms with van der Waals surface area (Å²) in [6, 6.07) is 7.76. The Morgan fingerprint density at radius 2 is 2.00 bits per heavy atom. The first kappa shape index (κ1) is 15.3. The van der Waals surface area contributed by atoms with Crippen molar-refractivity contribution in [1.29, 1.82) is 0 Å². The Morgan fingerprint density at radius 1 is 1.19 bits per heavy atom. The van der Waals surface area contributed by atoms with Crippen molar-refractivity contribution in [2.45, 2.75) is 31.2 Å². The molecule has 0 atom stereocenters. The van der Waals surface area contributed by atoms with E-state index < -0.39 is 0 Å². The molecule has 132 valence electrons. The fourth-order valence-corrected chi connectivity index (χ4v) is 4.11. The van der Waals surface area contributed by atoms with Gasteiger partial charge in [0.2, 0.25) is 0 Å². The molecule has 0 unspecified atom stereocenters. The number of amides is 1. The number of H-pyrrole nitrogens is 1. The molecule has 3 heterocycles. The van der Waals surface area contributed by atoms with E-state index in [1.165, 1.54) is 12.1 Å². The second-order valence-electron chi connectivity index (χ2n) is 6.94. The highest BCUT2D eigenvalue weighted by molar-refractivity contribution is 5.93. The first-order valence-corrected chi connectivity index (χ1v) is 8.84. The summed E-state index contributed by atoms with van der Waals surface area (Å²) < 4.78 is 14.7. The van der Waals surface area contributed by atoms with E-state index in [2.05, 4.69) is 15.1 Å². The fourth-order valence-electron chi connectivity index (χ4n) is 4.11. The van der Waals surface area contributed by atoms with E-state index in [1.807, 2.05) is 4.90 Å². The van der Waals surface area contributed by atoms with Crippen molar-refractivity contribution in [2.75, 3.05) is 6.54 Å². The summed E-state index contributed by atoms with van der Waals surface area (Å²) in [6.07, 6.45) is 7.21. The number of aromatic nitrogens is 4. The van der Waals surface area contributed by atoms with Gasteiger partial charge >= 0.3 is 0 Å². The monoisotopic (exact) mass is 351 g/mol. The largest absolute Gasteiger partial charge is 0.348 e. The lowest BCUT2D eigenvalue weighted by atomic mass is 9.70. The van der Waals surface area contributed by atoms with Crippen molar-refractivity contribution in [2.24, 2.45) is 0 Å². The third-order valence-electron chi connectivity index (χ3n) is 5.59. The minimum Gasteiger partial charge on any atom is -0.348 e. The average Bonchev–Trinajstić information content (AvgIpc) is 3.28. The number of carbonyl (C=O) groups excluding carboxylic acids is 1. The van der Waals surface area contributed by atoms with Crippen LogP contribution in [0.5, 0.6) is 0 Å². The molecule has 26 heavy (non-hydrogen) atoms. The van der Waals surface area contributed by atoms with Gasteiger partial charge in [-0.2, -0.15) is 5.10 Å². The van der Waals surface area contributed by atoms with Crippen LogP contribution in [-0.2, 0) is 12.0 Å². The van der Waals surface area contributed by atoms with Gasteiger partial charge in [-0.05, 0) is 49.6 Å². The Balaban J connectivity index is 1.46. The Labute approximate surface area is 149 Å². The maximum absolute atomic E-state index is 13.2. The van der Waals surface area contributed by atoms with Crippen molar-refractivity contribution in [3.05, 3.63) is 65.8 Å². The maximum atomic E-state index is 13.2. The molecule has 1 spiro atoms. The number of aromatic amines is 1.